The summed E-state index contributed by atoms with van der Waals surface area (Å²) < 4.78 is 4.59. The molecule has 0 saturated heterocycles. The quantitative estimate of drug-likeness (QED) is 0.451. The van der Waals surface area contributed by atoms with Gasteiger partial charge in [0.05, 0.1) is 13.8 Å². The number of benzene rings is 1. The molecule has 0 radical (unpaired) electrons. The van der Waals surface area contributed by atoms with Gasteiger partial charge in [0.2, 0.25) is 5.91 Å². The normalized spacial score (nSPS) is 11.8. The van der Waals surface area contributed by atoms with Crippen LogP contribution in [0.4, 0.5) is 4.79 Å². The summed E-state index contributed by atoms with van der Waals surface area (Å²) in [6, 6.07) is 9.74. The summed E-state index contributed by atoms with van der Waals surface area (Å²) in [4.78, 5) is 23.7. The van der Waals surface area contributed by atoms with Gasteiger partial charge in [-0.3, -0.25) is 10.1 Å². The Morgan fingerprint density at radius 2 is 1.77 bits per heavy atom. The van der Waals surface area contributed by atoms with Crippen LogP contribution in [0.1, 0.15) is 39.2 Å². The standard InChI is InChI=1S/C19H31N3O3.ClH/c1-19(2,3)16(22-18(24)25-4)17(23)21-14-20-13-9-8-12-15-10-6-5-7-11-15;/h5-7,10-11,16,20H,8-9,12-14H2,1-4H3,(H,21,23)(H,22,24);1H/t16-;/m1./s1. The van der Waals surface area contributed by atoms with Gasteiger partial charge in [0.15, 0.2) is 0 Å². The van der Waals surface area contributed by atoms with Crippen LogP contribution in [-0.4, -0.2) is 38.4 Å². The van der Waals surface area contributed by atoms with Gasteiger partial charge in [-0.2, -0.15) is 0 Å². The van der Waals surface area contributed by atoms with Crippen molar-refractivity contribution >= 4 is 24.4 Å². The summed E-state index contributed by atoms with van der Waals surface area (Å²) >= 11 is 0. The molecule has 0 aliphatic carbocycles. The van der Waals surface area contributed by atoms with Gasteiger partial charge in [0, 0.05) is 0 Å². The first-order chi connectivity index (χ1) is 11.8. The van der Waals surface area contributed by atoms with Crippen molar-refractivity contribution in [2.24, 2.45) is 5.41 Å². The SMILES string of the molecule is COC(=O)N[C@H](C(=O)NCNCCCCc1ccccc1)C(C)(C)C.Cl. The maximum Gasteiger partial charge on any atom is 0.407 e. The van der Waals surface area contributed by atoms with Crippen LogP contribution in [-0.2, 0) is 16.0 Å². The Labute approximate surface area is 162 Å². The Kier molecular flexibility index (Phi) is 11.7. The van der Waals surface area contributed by atoms with Crippen LogP contribution in [0, 0.1) is 5.41 Å². The van der Waals surface area contributed by atoms with Gasteiger partial charge in [0.25, 0.3) is 0 Å². The van der Waals surface area contributed by atoms with Gasteiger partial charge < -0.3 is 15.4 Å². The van der Waals surface area contributed by atoms with Crippen molar-refractivity contribution in [2.45, 2.75) is 46.1 Å². The smallest absolute Gasteiger partial charge is 0.407 e. The van der Waals surface area contributed by atoms with Gasteiger partial charge >= 0.3 is 6.09 Å². The Morgan fingerprint density at radius 1 is 1.12 bits per heavy atom. The molecule has 0 spiro atoms. The van der Waals surface area contributed by atoms with Crippen LogP contribution in [0.2, 0.25) is 0 Å². The monoisotopic (exact) mass is 385 g/mol. The number of hydrogen-bond acceptors (Lipinski definition) is 4. The first kappa shape index (κ1) is 24.2. The molecule has 0 bridgehead atoms. The van der Waals surface area contributed by atoms with E-state index in [9.17, 15) is 9.59 Å². The average molecular weight is 386 g/mol. The molecule has 7 heteroatoms. The molecule has 1 aromatic rings. The third-order valence-electron chi connectivity index (χ3n) is 3.88. The highest BCUT2D eigenvalue weighted by Gasteiger charge is 2.32. The zero-order valence-corrected chi connectivity index (χ0v) is 16.9. The number of alkyl carbamates (subject to hydrolysis) is 1. The number of unbranched alkanes of at least 4 members (excludes halogenated alkanes) is 1. The molecule has 0 unspecified atom stereocenters. The van der Waals surface area contributed by atoms with E-state index >= 15 is 0 Å². The fourth-order valence-electron chi connectivity index (χ4n) is 2.42. The third-order valence-corrected chi connectivity index (χ3v) is 3.88. The third kappa shape index (κ3) is 9.63. The van der Waals surface area contributed by atoms with E-state index in [1.165, 1.54) is 12.7 Å². The largest absolute Gasteiger partial charge is 0.453 e. The van der Waals surface area contributed by atoms with Crippen LogP contribution in [0.15, 0.2) is 30.3 Å². The molecule has 26 heavy (non-hydrogen) atoms. The molecule has 0 saturated carbocycles. The number of rotatable bonds is 9. The van der Waals surface area contributed by atoms with Gasteiger partial charge in [-0.1, -0.05) is 51.1 Å². The fraction of sp³-hybridized carbons (Fsp3) is 0.579. The van der Waals surface area contributed by atoms with Gasteiger partial charge in [-0.05, 0) is 36.8 Å². The lowest BCUT2D eigenvalue weighted by Crippen LogP contribution is -2.54. The number of carbonyl (C=O) groups is 2. The summed E-state index contributed by atoms with van der Waals surface area (Å²) in [5.41, 5.74) is 0.936. The first-order valence-electron chi connectivity index (χ1n) is 8.71. The number of nitrogens with one attached hydrogen (secondary N) is 3. The van der Waals surface area contributed by atoms with E-state index in [0.717, 1.165) is 25.8 Å². The van der Waals surface area contributed by atoms with E-state index < -0.39 is 17.6 Å². The maximum absolute atomic E-state index is 12.3. The molecule has 148 valence electrons. The molecule has 1 rings (SSSR count). The Hall–Kier alpha value is -1.79. The van der Waals surface area contributed by atoms with Crippen LogP contribution in [0.3, 0.4) is 0 Å². The molecular formula is C19H32ClN3O3. The lowest BCUT2D eigenvalue weighted by molar-refractivity contribution is -0.125. The highest BCUT2D eigenvalue weighted by Crippen LogP contribution is 2.19. The van der Waals surface area contributed by atoms with Gasteiger partial charge in [-0.15, -0.1) is 12.4 Å². The van der Waals surface area contributed by atoms with Crippen molar-refractivity contribution in [3.8, 4) is 0 Å². The molecule has 6 nitrogen and oxygen atoms in total. The number of amides is 2. The molecule has 0 heterocycles. The van der Waals surface area contributed by atoms with Crippen LogP contribution < -0.4 is 16.0 Å². The van der Waals surface area contributed by atoms with Crippen molar-refractivity contribution in [1.82, 2.24) is 16.0 Å². The second-order valence-electron chi connectivity index (χ2n) is 7.10. The van der Waals surface area contributed by atoms with Crippen LogP contribution in [0.5, 0.6) is 0 Å². The van der Waals surface area contributed by atoms with Gasteiger partial charge in [0.1, 0.15) is 6.04 Å². The number of methoxy groups -OCH3 is 1. The topological polar surface area (TPSA) is 79.5 Å². The minimum atomic E-state index is -0.653. The summed E-state index contributed by atoms with van der Waals surface area (Å²) in [6.45, 7) is 6.88. The Bertz CT molecular complexity index is 533. The number of halogens is 1. The number of hydrogen-bond donors (Lipinski definition) is 3. The lowest BCUT2D eigenvalue weighted by Gasteiger charge is -2.29. The van der Waals surface area contributed by atoms with Crippen molar-refractivity contribution in [3.05, 3.63) is 35.9 Å². The van der Waals surface area contributed by atoms with Crippen molar-refractivity contribution in [3.63, 3.8) is 0 Å². The lowest BCUT2D eigenvalue weighted by atomic mass is 9.86. The molecule has 0 aromatic heterocycles. The Balaban J connectivity index is 0.00000625. The second kappa shape index (κ2) is 12.5. The van der Waals surface area contributed by atoms with E-state index in [0.29, 0.717) is 6.67 Å². The highest BCUT2D eigenvalue weighted by atomic mass is 35.5. The summed E-state index contributed by atoms with van der Waals surface area (Å²) in [6.07, 6.45) is 2.58. The van der Waals surface area contributed by atoms with Crippen molar-refractivity contribution < 1.29 is 14.3 Å². The van der Waals surface area contributed by atoms with E-state index in [2.05, 4.69) is 45.0 Å². The summed E-state index contributed by atoms with van der Waals surface area (Å²) in [5.74, 6) is -0.227. The minimum Gasteiger partial charge on any atom is -0.453 e. The predicted molar refractivity (Wildman–Crippen MR) is 106 cm³/mol. The minimum absolute atomic E-state index is 0. The van der Waals surface area contributed by atoms with E-state index in [4.69, 9.17) is 0 Å². The first-order valence-corrected chi connectivity index (χ1v) is 8.71. The van der Waals surface area contributed by atoms with E-state index in [-0.39, 0.29) is 18.3 Å². The maximum atomic E-state index is 12.3. The number of aryl methyl sites for hydroxylation is 1. The molecule has 1 atom stereocenters. The molecule has 2 amide bonds. The molecule has 0 fully saturated rings. The van der Waals surface area contributed by atoms with Gasteiger partial charge in [-0.25, -0.2) is 4.79 Å². The molecular weight excluding hydrogens is 354 g/mol. The zero-order valence-electron chi connectivity index (χ0n) is 16.1. The summed E-state index contributed by atoms with van der Waals surface area (Å²) in [7, 11) is 1.28. The Morgan fingerprint density at radius 3 is 2.35 bits per heavy atom. The van der Waals surface area contributed by atoms with Crippen LogP contribution in [0.25, 0.3) is 0 Å². The van der Waals surface area contributed by atoms with Crippen molar-refractivity contribution in [2.75, 3.05) is 20.3 Å². The highest BCUT2D eigenvalue weighted by molar-refractivity contribution is 5.86. The second-order valence-corrected chi connectivity index (χ2v) is 7.10. The fourth-order valence-corrected chi connectivity index (χ4v) is 2.42. The predicted octanol–water partition coefficient (Wildman–Crippen LogP) is 2.87. The molecule has 1 aromatic carbocycles. The summed E-state index contributed by atoms with van der Waals surface area (Å²) in [5, 5.41) is 8.59. The number of carbonyl (C=O) groups excluding carboxylic acids is 2. The van der Waals surface area contributed by atoms with E-state index in [1.807, 2.05) is 26.8 Å². The zero-order chi connectivity index (χ0) is 18.7. The van der Waals surface area contributed by atoms with Crippen molar-refractivity contribution in [1.29, 1.82) is 0 Å². The van der Waals surface area contributed by atoms with E-state index in [1.54, 1.807) is 0 Å². The number of ether oxygens (including phenoxy) is 1. The van der Waals surface area contributed by atoms with Crippen LogP contribution >= 0.6 is 12.4 Å². The average Bonchev–Trinajstić information content (AvgIpc) is 2.58. The molecule has 3 N–H and O–H groups in total. The molecule has 0 aliphatic rings. The molecule has 0 aliphatic heterocycles.